The summed E-state index contributed by atoms with van der Waals surface area (Å²) in [4.78, 5) is 4.36. The first-order chi connectivity index (χ1) is 9.76. The smallest absolute Gasteiger partial charge is 0.227 e. The highest BCUT2D eigenvalue weighted by atomic mass is 79.9. The molecule has 3 rings (SSSR count). The molecule has 0 bridgehead atoms. The number of aliphatic hydroxyl groups excluding tert-OH is 1. The van der Waals surface area contributed by atoms with Crippen LogP contribution in [0.15, 0.2) is 59.1 Å². The lowest BCUT2D eigenvalue weighted by atomic mass is 10.1. The molecule has 0 spiro atoms. The van der Waals surface area contributed by atoms with Crippen LogP contribution < -0.4 is 4.74 Å². The molecule has 20 heavy (non-hydrogen) atoms. The fraction of sp³-hybridized carbons (Fsp3) is 0.0625. The lowest BCUT2D eigenvalue weighted by Gasteiger charge is -2.10. The third-order valence-electron chi connectivity index (χ3n) is 2.93. The van der Waals surface area contributed by atoms with E-state index in [-0.39, 0.29) is 6.61 Å². The van der Waals surface area contributed by atoms with E-state index in [4.69, 9.17) is 4.74 Å². The summed E-state index contributed by atoms with van der Waals surface area (Å²) in [6.45, 7) is -0.111. The zero-order valence-electron chi connectivity index (χ0n) is 10.6. The lowest BCUT2D eigenvalue weighted by Crippen LogP contribution is -1.95. The molecular formula is C16H12BrNO2. The fourth-order valence-corrected chi connectivity index (χ4v) is 2.40. The summed E-state index contributed by atoms with van der Waals surface area (Å²) in [5.74, 6) is 1.21. The van der Waals surface area contributed by atoms with Crippen molar-refractivity contribution in [2.75, 3.05) is 0 Å². The van der Waals surface area contributed by atoms with Crippen molar-refractivity contribution in [1.82, 2.24) is 4.98 Å². The van der Waals surface area contributed by atoms with Gasteiger partial charge in [0.05, 0.1) is 12.3 Å². The first-order valence-corrected chi connectivity index (χ1v) is 6.98. The topological polar surface area (TPSA) is 42.4 Å². The van der Waals surface area contributed by atoms with E-state index in [0.29, 0.717) is 17.3 Å². The maximum atomic E-state index is 9.31. The van der Waals surface area contributed by atoms with E-state index < -0.39 is 0 Å². The Morgan fingerprint density at radius 3 is 2.70 bits per heavy atom. The molecule has 0 atom stereocenters. The first kappa shape index (κ1) is 13.1. The third-order valence-corrected chi connectivity index (χ3v) is 3.42. The van der Waals surface area contributed by atoms with Gasteiger partial charge >= 0.3 is 0 Å². The van der Waals surface area contributed by atoms with E-state index >= 15 is 0 Å². The van der Waals surface area contributed by atoms with Gasteiger partial charge in [-0.25, -0.2) is 4.98 Å². The zero-order valence-corrected chi connectivity index (χ0v) is 12.2. The molecule has 0 amide bonds. The van der Waals surface area contributed by atoms with E-state index in [2.05, 4.69) is 20.9 Å². The molecule has 1 heterocycles. The predicted molar refractivity (Wildman–Crippen MR) is 81.9 cm³/mol. The molecule has 0 fully saturated rings. The van der Waals surface area contributed by atoms with Crippen molar-refractivity contribution in [2.45, 2.75) is 6.61 Å². The van der Waals surface area contributed by atoms with Crippen molar-refractivity contribution < 1.29 is 9.84 Å². The summed E-state index contributed by atoms with van der Waals surface area (Å²) in [7, 11) is 0. The van der Waals surface area contributed by atoms with Gasteiger partial charge in [-0.1, -0.05) is 40.2 Å². The Morgan fingerprint density at radius 2 is 1.90 bits per heavy atom. The second kappa shape index (κ2) is 5.61. The Bertz CT molecular complexity index is 758. The minimum atomic E-state index is -0.111. The van der Waals surface area contributed by atoms with Crippen molar-refractivity contribution in [3.63, 3.8) is 0 Å². The summed E-state index contributed by atoms with van der Waals surface area (Å²) < 4.78 is 6.80. The molecule has 1 aromatic heterocycles. The molecule has 0 unspecified atom stereocenters. The molecule has 100 valence electrons. The van der Waals surface area contributed by atoms with Crippen LogP contribution in [0, 0.1) is 0 Å². The van der Waals surface area contributed by atoms with E-state index in [1.165, 1.54) is 0 Å². The zero-order chi connectivity index (χ0) is 13.9. The van der Waals surface area contributed by atoms with Crippen LogP contribution in [-0.4, -0.2) is 10.1 Å². The molecule has 0 aliphatic carbocycles. The summed E-state index contributed by atoms with van der Waals surface area (Å²) in [5.41, 5.74) is 0.591. The van der Waals surface area contributed by atoms with Crippen molar-refractivity contribution in [3.05, 3.63) is 64.8 Å². The highest BCUT2D eigenvalue weighted by Gasteiger charge is 2.08. The molecule has 3 aromatic rings. The molecule has 3 nitrogen and oxygen atoms in total. The quantitative estimate of drug-likeness (QED) is 0.779. The molecule has 0 saturated heterocycles. The van der Waals surface area contributed by atoms with E-state index in [1.54, 1.807) is 0 Å². The first-order valence-electron chi connectivity index (χ1n) is 6.19. The molecule has 1 N–H and O–H groups in total. The van der Waals surface area contributed by atoms with Crippen LogP contribution in [0.1, 0.15) is 5.69 Å². The number of halogens is 1. The maximum absolute atomic E-state index is 9.31. The molecular weight excluding hydrogens is 318 g/mol. The average Bonchev–Trinajstić information content (AvgIpc) is 2.47. The standard InChI is InChI=1S/C16H12BrNO2/c17-12-5-3-6-14(9-12)20-16-15-7-2-1-4-11(15)8-13(10-19)18-16/h1-9,19H,10H2. The molecule has 0 radical (unpaired) electrons. The van der Waals surface area contributed by atoms with E-state index in [9.17, 15) is 5.11 Å². The number of hydrogen-bond donors (Lipinski definition) is 1. The number of aliphatic hydroxyl groups is 1. The molecule has 0 aliphatic heterocycles. The number of benzene rings is 2. The van der Waals surface area contributed by atoms with Gasteiger partial charge in [0.1, 0.15) is 5.75 Å². The van der Waals surface area contributed by atoms with Crippen molar-refractivity contribution in [3.8, 4) is 11.6 Å². The Labute approximate surface area is 125 Å². The van der Waals surface area contributed by atoms with Crippen LogP contribution >= 0.6 is 15.9 Å². The number of fused-ring (bicyclic) bond motifs is 1. The van der Waals surface area contributed by atoms with Gasteiger partial charge in [0.2, 0.25) is 5.88 Å². The highest BCUT2D eigenvalue weighted by Crippen LogP contribution is 2.29. The van der Waals surface area contributed by atoms with Crippen LogP contribution in [0.25, 0.3) is 10.8 Å². The van der Waals surface area contributed by atoms with Crippen LogP contribution in [0.3, 0.4) is 0 Å². The fourth-order valence-electron chi connectivity index (χ4n) is 2.02. The van der Waals surface area contributed by atoms with Crippen LogP contribution in [0.5, 0.6) is 11.6 Å². The molecule has 0 aliphatic rings. The Balaban J connectivity index is 2.10. The SMILES string of the molecule is OCc1cc2ccccc2c(Oc2cccc(Br)c2)n1. The summed E-state index contributed by atoms with van der Waals surface area (Å²) >= 11 is 3.41. The molecule has 0 saturated carbocycles. The summed E-state index contributed by atoms with van der Waals surface area (Å²) in [6, 6.07) is 17.3. The van der Waals surface area contributed by atoms with Crippen molar-refractivity contribution >= 4 is 26.7 Å². The van der Waals surface area contributed by atoms with Gasteiger partial charge in [0, 0.05) is 9.86 Å². The largest absolute Gasteiger partial charge is 0.438 e. The molecule has 2 aromatic carbocycles. The number of hydrogen-bond acceptors (Lipinski definition) is 3. The Hall–Kier alpha value is -1.91. The van der Waals surface area contributed by atoms with Crippen molar-refractivity contribution in [2.24, 2.45) is 0 Å². The second-order valence-electron chi connectivity index (χ2n) is 4.36. The Kier molecular flexibility index (Phi) is 3.67. The van der Waals surface area contributed by atoms with Gasteiger partial charge in [-0.2, -0.15) is 0 Å². The third kappa shape index (κ3) is 2.66. The Morgan fingerprint density at radius 1 is 1.05 bits per heavy atom. The minimum absolute atomic E-state index is 0.111. The maximum Gasteiger partial charge on any atom is 0.227 e. The number of ether oxygens (including phenoxy) is 1. The predicted octanol–water partition coefficient (Wildman–Crippen LogP) is 4.28. The lowest BCUT2D eigenvalue weighted by molar-refractivity contribution is 0.275. The number of pyridine rings is 1. The number of aromatic nitrogens is 1. The number of rotatable bonds is 3. The van der Waals surface area contributed by atoms with Gasteiger partial charge in [-0.15, -0.1) is 0 Å². The summed E-state index contributed by atoms with van der Waals surface area (Å²) in [6.07, 6.45) is 0. The average molecular weight is 330 g/mol. The second-order valence-corrected chi connectivity index (χ2v) is 5.27. The van der Waals surface area contributed by atoms with Gasteiger partial charge in [-0.3, -0.25) is 0 Å². The highest BCUT2D eigenvalue weighted by molar-refractivity contribution is 9.10. The normalized spacial score (nSPS) is 10.7. The van der Waals surface area contributed by atoms with Gasteiger partial charge in [0.25, 0.3) is 0 Å². The van der Waals surface area contributed by atoms with Gasteiger partial charge in [0.15, 0.2) is 0 Å². The van der Waals surface area contributed by atoms with Crippen molar-refractivity contribution in [1.29, 1.82) is 0 Å². The van der Waals surface area contributed by atoms with E-state index in [1.807, 2.05) is 54.6 Å². The van der Waals surface area contributed by atoms with Crippen LogP contribution in [0.2, 0.25) is 0 Å². The van der Waals surface area contributed by atoms with Gasteiger partial charge < -0.3 is 9.84 Å². The number of nitrogens with zero attached hydrogens (tertiary/aromatic N) is 1. The summed E-state index contributed by atoms with van der Waals surface area (Å²) in [5, 5.41) is 11.2. The van der Waals surface area contributed by atoms with Crippen LogP contribution in [-0.2, 0) is 6.61 Å². The van der Waals surface area contributed by atoms with E-state index in [0.717, 1.165) is 15.2 Å². The molecule has 4 heteroatoms. The van der Waals surface area contributed by atoms with Crippen LogP contribution in [0.4, 0.5) is 0 Å². The monoisotopic (exact) mass is 329 g/mol. The van der Waals surface area contributed by atoms with Gasteiger partial charge in [-0.05, 0) is 35.7 Å². The minimum Gasteiger partial charge on any atom is -0.438 e.